The van der Waals surface area contributed by atoms with Crippen LogP contribution in [0.2, 0.25) is 0 Å². The summed E-state index contributed by atoms with van der Waals surface area (Å²) in [5, 5.41) is 8.67. The second-order valence-electron chi connectivity index (χ2n) is 8.41. The van der Waals surface area contributed by atoms with Gasteiger partial charge < -0.3 is 10.2 Å². The zero-order valence-corrected chi connectivity index (χ0v) is 16.0. The first-order valence-corrected chi connectivity index (χ1v) is 10.1. The maximum Gasteiger partial charge on any atom is 0.235 e. The number of carbonyl (C=O) groups is 2. The SMILES string of the molecule is O=C1NCCC1C(=O)N1CC2(CCn3nc(-c4cnc5ccccc5c4)cc32)C1. The zero-order valence-electron chi connectivity index (χ0n) is 16.0. The van der Waals surface area contributed by atoms with Crippen LogP contribution in [0.4, 0.5) is 0 Å². The van der Waals surface area contributed by atoms with Crippen molar-refractivity contribution in [1.82, 2.24) is 25.0 Å². The van der Waals surface area contributed by atoms with E-state index in [9.17, 15) is 9.59 Å². The third kappa shape index (κ3) is 2.43. The van der Waals surface area contributed by atoms with Gasteiger partial charge in [-0.2, -0.15) is 5.10 Å². The van der Waals surface area contributed by atoms with Gasteiger partial charge in [-0.05, 0) is 31.0 Å². The highest BCUT2D eigenvalue weighted by molar-refractivity contribution is 6.02. The van der Waals surface area contributed by atoms with Crippen molar-refractivity contribution in [2.75, 3.05) is 19.6 Å². The molecule has 3 aliphatic heterocycles. The molecule has 0 saturated carbocycles. The molecule has 0 bridgehead atoms. The van der Waals surface area contributed by atoms with Gasteiger partial charge in [0.2, 0.25) is 11.8 Å². The number of hydrogen-bond acceptors (Lipinski definition) is 4. The van der Waals surface area contributed by atoms with E-state index < -0.39 is 5.92 Å². The number of benzene rings is 1. The molecule has 1 N–H and O–H groups in total. The smallest absolute Gasteiger partial charge is 0.235 e. The maximum absolute atomic E-state index is 12.7. The first-order valence-electron chi connectivity index (χ1n) is 10.1. The second kappa shape index (κ2) is 5.89. The fourth-order valence-corrected chi connectivity index (χ4v) is 5.02. The number of amides is 2. The van der Waals surface area contributed by atoms with E-state index in [1.54, 1.807) is 0 Å². The molecule has 1 spiro atoms. The fourth-order valence-electron chi connectivity index (χ4n) is 5.02. The highest BCUT2D eigenvalue weighted by Gasteiger charge is 2.53. The van der Waals surface area contributed by atoms with Crippen LogP contribution in [-0.2, 0) is 21.5 Å². The van der Waals surface area contributed by atoms with E-state index in [1.807, 2.05) is 29.3 Å². The molecule has 146 valence electrons. The molecular weight excluding hydrogens is 366 g/mol. The number of fused-ring (bicyclic) bond motifs is 3. The molecule has 3 aliphatic rings. The monoisotopic (exact) mass is 387 g/mol. The molecule has 5 heterocycles. The summed E-state index contributed by atoms with van der Waals surface area (Å²) < 4.78 is 2.08. The number of pyridine rings is 1. The van der Waals surface area contributed by atoms with Gasteiger partial charge in [0.15, 0.2) is 0 Å². The lowest BCUT2D eigenvalue weighted by Crippen LogP contribution is -2.61. The van der Waals surface area contributed by atoms with Crippen LogP contribution in [-0.4, -0.2) is 51.1 Å². The van der Waals surface area contributed by atoms with E-state index >= 15 is 0 Å². The zero-order chi connectivity index (χ0) is 19.6. The molecule has 7 heteroatoms. The van der Waals surface area contributed by atoms with Crippen LogP contribution in [0.25, 0.3) is 22.2 Å². The quantitative estimate of drug-likeness (QED) is 0.679. The molecule has 0 aliphatic carbocycles. The van der Waals surface area contributed by atoms with Crippen LogP contribution < -0.4 is 5.32 Å². The second-order valence-corrected chi connectivity index (χ2v) is 8.41. The summed E-state index contributed by atoms with van der Waals surface area (Å²) in [6, 6.07) is 12.4. The Hall–Kier alpha value is -3.22. The van der Waals surface area contributed by atoms with Crippen molar-refractivity contribution < 1.29 is 9.59 Å². The average Bonchev–Trinajstić information content (AvgIpc) is 3.40. The topological polar surface area (TPSA) is 80.1 Å². The summed E-state index contributed by atoms with van der Waals surface area (Å²) in [6.07, 6.45) is 3.48. The van der Waals surface area contributed by atoms with Gasteiger partial charge in [-0.3, -0.25) is 19.3 Å². The Labute approximate surface area is 167 Å². The Bertz CT molecular complexity index is 1160. The van der Waals surface area contributed by atoms with Crippen molar-refractivity contribution in [1.29, 1.82) is 0 Å². The minimum atomic E-state index is -0.502. The third-order valence-electron chi connectivity index (χ3n) is 6.66. The molecular formula is C22H21N5O2. The lowest BCUT2D eigenvalue weighted by atomic mass is 9.75. The normalized spacial score (nSPS) is 22.0. The van der Waals surface area contributed by atoms with Crippen LogP contribution in [0.1, 0.15) is 18.5 Å². The number of aryl methyl sites for hydroxylation is 1. The first kappa shape index (κ1) is 16.7. The summed E-state index contributed by atoms with van der Waals surface area (Å²) in [7, 11) is 0. The minimum absolute atomic E-state index is 0.0254. The third-order valence-corrected chi connectivity index (χ3v) is 6.66. The number of likely N-dealkylation sites (tertiary alicyclic amines) is 1. The number of carbonyl (C=O) groups excluding carboxylic acids is 2. The predicted octanol–water partition coefficient (Wildman–Crippen LogP) is 1.72. The lowest BCUT2D eigenvalue weighted by Gasteiger charge is -2.48. The van der Waals surface area contributed by atoms with E-state index in [4.69, 9.17) is 5.10 Å². The molecule has 6 rings (SSSR count). The number of nitrogens with zero attached hydrogens (tertiary/aromatic N) is 4. The van der Waals surface area contributed by atoms with E-state index in [2.05, 4.69) is 33.2 Å². The van der Waals surface area contributed by atoms with E-state index in [1.165, 1.54) is 5.69 Å². The van der Waals surface area contributed by atoms with Gasteiger partial charge in [0.25, 0.3) is 0 Å². The van der Waals surface area contributed by atoms with Gasteiger partial charge in [-0.25, -0.2) is 0 Å². The van der Waals surface area contributed by atoms with Crippen LogP contribution in [0.15, 0.2) is 42.6 Å². The van der Waals surface area contributed by atoms with Crippen LogP contribution in [0.3, 0.4) is 0 Å². The molecule has 7 nitrogen and oxygen atoms in total. The maximum atomic E-state index is 12.7. The van der Waals surface area contributed by atoms with E-state index in [0.717, 1.165) is 35.1 Å². The Morgan fingerprint density at radius 3 is 2.90 bits per heavy atom. The largest absolute Gasteiger partial charge is 0.355 e. The van der Waals surface area contributed by atoms with Gasteiger partial charge in [0.05, 0.1) is 11.2 Å². The first-order chi connectivity index (χ1) is 14.1. The summed E-state index contributed by atoms with van der Waals surface area (Å²) in [5.74, 6) is -0.654. The van der Waals surface area contributed by atoms with Crippen molar-refractivity contribution in [2.45, 2.75) is 24.8 Å². The van der Waals surface area contributed by atoms with Gasteiger partial charge in [-0.1, -0.05) is 18.2 Å². The van der Waals surface area contributed by atoms with Crippen molar-refractivity contribution >= 4 is 22.7 Å². The van der Waals surface area contributed by atoms with Gasteiger partial charge >= 0.3 is 0 Å². The summed E-state index contributed by atoms with van der Waals surface area (Å²) >= 11 is 0. The minimum Gasteiger partial charge on any atom is -0.355 e. The molecule has 3 aromatic rings. The number of nitrogens with one attached hydrogen (secondary N) is 1. The van der Waals surface area contributed by atoms with E-state index in [0.29, 0.717) is 26.1 Å². The summed E-state index contributed by atoms with van der Waals surface area (Å²) in [4.78, 5) is 30.9. The van der Waals surface area contributed by atoms with Crippen molar-refractivity contribution in [3.05, 3.63) is 48.3 Å². The number of para-hydroxylation sites is 1. The molecule has 2 saturated heterocycles. The predicted molar refractivity (Wildman–Crippen MR) is 107 cm³/mol. The Balaban J connectivity index is 1.26. The highest BCUT2D eigenvalue weighted by Crippen LogP contribution is 2.44. The standard InChI is InChI=1S/C22H21N5O2/c28-20-16(5-7-23-20)21(29)26-12-22(13-26)6-8-27-19(22)10-18(25-27)15-9-14-3-1-2-4-17(14)24-11-15/h1-4,9-11,16H,5-8,12-13H2,(H,23,28). The molecule has 1 unspecified atom stereocenters. The van der Waals surface area contributed by atoms with Crippen molar-refractivity contribution in [2.24, 2.45) is 5.92 Å². The molecule has 0 radical (unpaired) electrons. The molecule has 1 atom stereocenters. The number of hydrogen-bond donors (Lipinski definition) is 1. The summed E-state index contributed by atoms with van der Waals surface area (Å²) in [6.45, 7) is 2.82. The molecule has 2 aromatic heterocycles. The van der Waals surface area contributed by atoms with Gasteiger partial charge in [-0.15, -0.1) is 0 Å². The van der Waals surface area contributed by atoms with Crippen molar-refractivity contribution in [3.63, 3.8) is 0 Å². The number of rotatable bonds is 2. The lowest BCUT2D eigenvalue weighted by molar-refractivity contribution is -0.146. The van der Waals surface area contributed by atoms with Gasteiger partial charge in [0, 0.05) is 54.4 Å². The Morgan fingerprint density at radius 1 is 1.21 bits per heavy atom. The van der Waals surface area contributed by atoms with E-state index in [-0.39, 0.29) is 17.2 Å². The summed E-state index contributed by atoms with van der Waals surface area (Å²) in [5.41, 5.74) is 4.08. The van der Waals surface area contributed by atoms with Crippen molar-refractivity contribution in [3.8, 4) is 11.3 Å². The average molecular weight is 387 g/mol. The van der Waals surface area contributed by atoms with Crippen LogP contribution >= 0.6 is 0 Å². The molecule has 1 aromatic carbocycles. The molecule has 2 fully saturated rings. The van der Waals surface area contributed by atoms with Gasteiger partial charge in [0.1, 0.15) is 5.92 Å². The molecule has 2 amide bonds. The Morgan fingerprint density at radius 2 is 2.07 bits per heavy atom. The fraction of sp³-hybridized carbons (Fsp3) is 0.364. The van der Waals surface area contributed by atoms with Crippen LogP contribution in [0, 0.1) is 5.92 Å². The Kier molecular flexibility index (Phi) is 3.39. The molecule has 29 heavy (non-hydrogen) atoms. The van der Waals surface area contributed by atoms with Crippen LogP contribution in [0.5, 0.6) is 0 Å². The number of aromatic nitrogens is 3. The highest BCUT2D eigenvalue weighted by atomic mass is 16.2.